The number of ether oxygens (including phenoxy) is 3. The zero-order valence-electron chi connectivity index (χ0n) is 23.4. The Morgan fingerprint density at radius 3 is 2.52 bits per heavy atom. The number of fused-ring (bicyclic) bond motifs is 1. The number of hydrogen-bond acceptors (Lipinski definition) is 7. The minimum absolute atomic E-state index is 0.00710. The number of aliphatic hydroxyl groups excluding tert-OH is 1. The van der Waals surface area contributed by atoms with Crippen molar-refractivity contribution >= 4 is 39.4 Å². The lowest BCUT2D eigenvalue weighted by molar-refractivity contribution is -0.154. The third kappa shape index (κ3) is 5.05. The van der Waals surface area contributed by atoms with E-state index in [0.717, 1.165) is 5.56 Å². The SMILES string of the molecule is C=CCOC(=O)[C@H]1[C@H]2C(=O)N([C@@H](CO)Cc3ccccc3)C(C(=O)N(CC=C)c3ccc(OC)cc3)C23CC(Br)[C@@H]1O3. The lowest BCUT2D eigenvalue weighted by atomic mass is 9.70. The summed E-state index contributed by atoms with van der Waals surface area (Å²) in [5, 5.41) is 10.7. The van der Waals surface area contributed by atoms with Crippen molar-refractivity contribution in [3.05, 3.63) is 85.5 Å². The van der Waals surface area contributed by atoms with Gasteiger partial charge in [0, 0.05) is 17.1 Å². The highest BCUT2D eigenvalue weighted by Gasteiger charge is 2.77. The minimum atomic E-state index is -1.30. The van der Waals surface area contributed by atoms with Crippen LogP contribution < -0.4 is 9.64 Å². The summed E-state index contributed by atoms with van der Waals surface area (Å²) in [6.07, 6.45) is 3.07. The first kappa shape index (κ1) is 30.0. The molecule has 3 fully saturated rings. The molecule has 2 aromatic rings. The largest absolute Gasteiger partial charge is 0.497 e. The van der Waals surface area contributed by atoms with Gasteiger partial charge in [0.1, 0.15) is 24.0 Å². The molecule has 222 valence electrons. The van der Waals surface area contributed by atoms with Crippen LogP contribution in [0.3, 0.4) is 0 Å². The molecule has 5 rings (SSSR count). The van der Waals surface area contributed by atoms with Gasteiger partial charge in [0.15, 0.2) is 0 Å². The molecule has 9 nitrogen and oxygen atoms in total. The summed E-state index contributed by atoms with van der Waals surface area (Å²) in [7, 11) is 1.56. The second-order valence-electron chi connectivity index (χ2n) is 10.8. The third-order valence-electron chi connectivity index (χ3n) is 8.46. The van der Waals surface area contributed by atoms with E-state index in [4.69, 9.17) is 14.2 Å². The Kier molecular flexibility index (Phi) is 8.86. The zero-order valence-corrected chi connectivity index (χ0v) is 25.0. The highest BCUT2D eigenvalue weighted by molar-refractivity contribution is 9.09. The van der Waals surface area contributed by atoms with Crippen LogP contribution in [0.5, 0.6) is 5.75 Å². The number of aliphatic hydroxyl groups is 1. The van der Waals surface area contributed by atoms with Crippen molar-refractivity contribution in [2.75, 3.05) is 31.8 Å². The van der Waals surface area contributed by atoms with E-state index in [2.05, 4.69) is 29.1 Å². The van der Waals surface area contributed by atoms with Crippen LogP contribution in [0.25, 0.3) is 0 Å². The number of carbonyl (C=O) groups is 3. The summed E-state index contributed by atoms with van der Waals surface area (Å²) in [5.41, 5.74) is 0.177. The van der Waals surface area contributed by atoms with Crippen LogP contribution >= 0.6 is 15.9 Å². The molecule has 0 aliphatic carbocycles. The fourth-order valence-corrected chi connectivity index (χ4v) is 7.69. The molecule has 2 amide bonds. The van der Waals surface area contributed by atoms with Crippen molar-refractivity contribution in [3.63, 3.8) is 0 Å². The second-order valence-corrected chi connectivity index (χ2v) is 12.0. The molecule has 3 heterocycles. The maximum Gasteiger partial charge on any atom is 0.312 e. The molecule has 3 unspecified atom stereocenters. The van der Waals surface area contributed by atoms with Crippen molar-refractivity contribution in [1.82, 2.24) is 4.90 Å². The number of nitrogens with zero attached hydrogens (tertiary/aromatic N) is 2. The normalized spacial score (nSPS) is 28.2. The number of amides is 2. The van der Waals surface area contributed by atoms with Crippen LogP contribution in [0.4, 0.5) is 5.69 Å². The predicted octanol–water partition coefficient (Wildman–Crippen LogP) is 3.30. The Morgan fingerprint density at radius 2 is 1.90 bits per heavy atom. The molecule has 3 saturated heterocycles. The van der Waals surface area contributed by atoms with E-state index in [0.29, 0.717) is 24.3 Å². The average Bonchev–Trinajstić information content (AvgIpc) is 3.61. The number of methoxy groups -OCH3 is 1. The zero-order chi connectivity index (χ0) is 30.0. The lowest BCUT2D eigenvalue weighted by Crippen LogP contribution is -2.59. The molecule has 0 radical (unpaired) electrons. The highest BCUT2D eigenvalue weighted by atomic mass is 79.9. The molecule has 1 N–H and O–H groups in total. The molecule has 7 atom stereocenters. The first-order valence-electron chi connectivity index (χ1n) is 13.9. The number of halogens is 1. The predicted molar refractivity (Wildman–Crippen MR) is 160 cm³/mol. The van der Waals surface area contributed by atoms with Crippen LogP contribution in [0.1, 0.15) is 12.0 Å². The Hall–Kier alpha value is -3.47. The number of likely N-dealkylation sites (tertiary alicyclic amines) is 1. The van der Waals surface area contributed by atoms with Crippen molar-refractivity contribution < 1.29 is 33.7 Å². The standard InChI is InChI=1S/C32H35BrN2O7/c1-4-15-34(21-11-13-23(40-3)14-12-21)30(38)28-32-18-24(33)27(42-32)25(31(39)41-16-5-2)26(32)29(37)35(28)22(19-36)17-20-9-7-6-8-10-20/h4-14,22,24-28,36H,1-2,15-19H2,3H3/t22-,24?,25+,26+,27+,28?,32?/m1/s1. The van der Waals surface area contributed by atoms with Crippen molar-refractivity contribution in [1.29, 1.82) is 0 Å². The van der Waals surface area contributed by atoms with Gasteiger partial charge >= 0.3 is 5.97 Å². The quantitative estimate of drug-likeness (QED) is 0.216. The maximum atomic E-state index is 14.7. The van der Waals surface area contributed by atoms with Gasteiger partial charge in [0.05, 0.1) is 37.7 Å². The molecule has 3 aliphatic rings. The molecule has 0 aromatic heterocycles. The van der Waals surface area contributed by atoms with E-state index in [1.54, 1.807) is 42.4 Å². The van der Waals surface area contributed by atoms with Crippen LogP contribution in [-0.4, -0.2) is 83.3 Å². The molecule has 3 aliphatic heterocycles. The summed E-state index contributed by atoms with van der Waals surface area (Å²) in [6.45, 7) is 7.24. The first-order valence-corrected chi connectivity index (χ1v) is 14.9. The number of hydrogen-bond donors (Lipinski definition) is 1. The monoisotopic (exact) mass is 638 g/mol. The van der Waals surface area contributed by atoms with Crippen LogP contribution in [0.2, 0.25) is 0 Å². The van der Waals surface area contributed by atoms with Gasteiger partial charge in [-0.3, -0.25) is 14.4 Å². The maximum absolute atomic E-state index is 14.7. The van der Waals surface area contributed by atoms with Gasteiger partial charge in [-0.2, -0.15) is 0 Å². The van der Waals surface area contributed by atoms with Crippen molar-refractivity contribution in [2.45, 2.75) is 41.5 Å². The van der Waals surface area contributed by atoms with Crippen molar-refractivity contribution in [3.8, 4) is 5.75 Å². The molecular formula is C32H35BrN2O7. The molecule has 0 saturated carbocycles. The van der Waals surface area contributed by atoms with Gasteiger partial charge in [-0.05, 0) is 42.7 Å². The van der Waals surface area contributed by atoms with Gasteiger partial charge in [0.25, 0.3) is 5.91 Å². The third-order valence-corrected chi connectivity index (χ3v) is 9.30. The van der Waals surface area contributed by atoms with Crippen LogP contribution in [0, 0.1) is 11.8 Å². The first-order chi connectivity index (χ1) is 20.3. The van der Waals surface area contributed by atoms with Crippen molar-refractivity contribution in [2.24, 2.45) is 11.8 Å². The number of alkyl halides is 1. The summed E-state index contributed by atoms with van der Waals surface area (Å²) < 4.78 is 17.3. The van der Waals surface area contributed by atoms with E-state index in [1.807, 2.05) is 30.3 Å². The number of anilines is 1. The van der Waals surface area contributed by atoms with Gasteiger partial charge in [-0.15, -0.1) is 6.58 Å². The van der Waals surface area contributed by atoms with Gasteiger partial charge in [-0.25, -0.2) is 0 Å². The minimum Gasteiger partial charge on any atom is -0.497 e. The number of rotatable bonds is 12. The fourth-order valence-electron chi connectivity index (χ4n) is 6.75. The van der Waals surface area contributed by atoms with E-state index in [-0.39, 0.29) is 30.5 Å². The van der Waals surface area contributed by atoms with Crippen LogP contribution in [0.15, 0.2) is 79.9 Å². The number of esters is 1. The lowest BCUT2D eigenvalue weighted by Gasteiger charge is -2.39. The van der Waals surface area contributed by atoms with E-state index < -0.39 is 47.5 Å². The molecular weight excluding hydrogens is 604 g/mol. The molecule has 42 heavy (non-hydrogen) atoms. The summed E-state index contributed by atoms with van der Waals surface area (Å²) >= 11 is 3.67. The van der Waals surface area contributed by atoms with Gasteiger partial charge in [0.2, 0.25) is 5.91 Å². The average molecular weight is 640 g/mol. The molecule has 1 spiro atoms. The second kappa shape index (κ2) is 12.4. The van der Waals surface area contributed by atoms with Gasteiger partial charge < -0.3 is 29.1 Å². The molecule has 2 bridgehead atoms. The summed E-state index contributed by atoms with van der Waals surface area (Å²) in [5.74, 6) is -2.60. The Morgan fingerprint density at radius 1 is 1.19 bits per heavy atom. The van der Waals surface area contributed by atoms with E-state index in [9.17, 15) is 19.5 Å². The Labute approximate surface area is 253 Å². The molecule has 10 heteroatoms. The van der Waals surface area contributed by atoms with E-state index >= 15 is 0 Å². The Bertz CT molecular complexity index is 1340. The van der Waals surface area contributed by atoms with E-state index in [1.165, 1.54) is 11.0 Å². The Balaban J connectivity index is 1.61. The molecule has 2 aromatic carbocycles. The van der Waals surface area contributed by atoms with Gasteiger partial charge in [-0.1, -0.05) is 65.0 Å². The summed E-state index contributed by atoms with van der Waals surface area (Å²) in [4.78, 5) is 45.3. The summed E-state index contributed by atoms with van der Waals surface area (Å²) in [6, 6.07) is 14.6. The topological polar surface area (TPSA) is 106 Å². The van der Waals surface area contributed by atoms with Crippen LogP contribution in [-0.2, 0) is 30.3 Å². The highest BCUT2D eigenvalue weighted by Crippen LogP contribution is 2.61. The number of benzene rings is 2. The smallest absolute Gasteiger partial charge is 0.312 e. The fraction of sp³-hybridized carbons (Fsp3) is 0.406. The number of carbonyl (C=O) groups excluding carboxylic acids is 3.